The number of fused-ring (bicyclic) bond motifs is 1. The second kappa shape index (κ2) is 5.53. The van der Waals surface area contributed by atoms with Crippen LogP contribution in [0.3, 0.4) is 0 Å². The minimum Gasteiger partial charge on any atom is -0.339 e. The van der Waals surface area contributed by atoms with Crippen LogP contribution >= 0.6 is 0 Å². The van der Waals surface area contributed by atoms with Gasteiger partial charge >= 0.3 is 0 Å². The number of aryl methyl sites for hydroxylation is 1. The minimum absolute atomic E-state index is 0.167. The van der Waals surface area contributed by atoms with Crippen LogP contribution in [0.2, 0.25) is 0 Å². The first-order valence-corrected chi connectivity index (χ1v) is 7.40. The van der Waals surface area contributed by atoms with E-state index in [1.165, 1.54) is 0 Å². The molecule has 0 aliphatic carbocycles. The van der Waals surface area contributed by atoms with Crippen molar-refractivity contribution in [1.82, 2.24) is 14.7 Å². The zero-order chi connectivity index (χ0) is 15.9. The van der Waals surface area contributed by atoms with Gasteiger partial charge in [0.25, 0.3) is 11.8 Å². The highest BCUT2D eigenvalue weighted by Crippen LogP contribution is 2.23. The van der Waals surface area contributed by atoms with Crippen molar-refractivity contribution in [2.45, 2.75) is 6.92 Å². The molecule has 0 unspecified atom stereocenters. The maximum atomic E-state index is 12.4. The van der Waals surface area contributed by atoms with Gasteiger partial charge in [-0.05, 0) is 26.1 Å². The monoisotopic (exact) mass is 301 g/mol. The number of piperazine rings is 1. The van der Waals surface area contributed by atoms with E-state index in [0.29, 0.717) is 24.2 Å². The molecule has 0 saturated carbocycles. The van der Waals surface area contributed by atoms with Crippen LogP contribution in [-0.4, -0.2) is 72.2 Å². The Bertz CT molecular complexity index is 648. The van der Waals surface area contributed by atoms with E-state index in [9.17, 15) is 14.4 Å². The lowest BCUT2D eigenvalue weighted by molar-refractivity contribution is -0.133. The molecule has 1 saturated heterocycles. The summed E-state index contributed by atoms with van der Waals surface area (Å²) in [6.07, 6.45) is 0. The Hall–Kier alpha value is -2.21. The zero-order valence-corrected chi connectivity index (χ0v) is 12.8. The summed E-state index contributed by atoms with van der Waals surface area (Å²) in [6, 6.07) is 5.16. The maximum absolute atomic E-state index is 12.4. The molecule has 3 rings (SSSR count). The van der Waals surface area contributed by atoms with Gasteiger partial charge in [-0.2, -0.15) is 0 Å². The molecule has 6 heteroatoms. The number of hydrogen-bond acceptors (Lipinski definition) is 4. The molecule has 0 bridgehead atoms. The summed E-state index contributed by atoms with van der Waals surface area (Å²) in [4.78, 5) is 41.9. The molecule has 1 aromatic rings. The number of benzene rings is 1. The largest absolute Gasteiger partial charge is 0.339 e. The smallest absolute Gasteiger partial charge is 0.262 e. The molecule has 6 nitrogen and oxygen atoms in total. The first kappa shape index (κ1) is 14.7. The molecule has 0 radical (unpaired) electrons. The average molecular weight is 301 g/mol. The second-order valence-corrected chi connectivity index (χ2v) is 5.93. The van der Waals surface area contributed by atoms with Gasteiger partial charge in [0.05, 0.1) is 11.1 Å². The lowest BCUT2D eigenvalue weighted by Gasteiger charge is -2.33. The van der Waals surface area contributed by atoms with Gasteiger partial charge in [-0.15, -0.1) is 0 Å². The van der Waals surface area contributed by atoms with Crippen molar-refractivity contribution in [1.29, 1.82) is 0 Å². The van der Waals surface area contributed by atoms with Gasteiger partial charge in [0, 0.05) is 26.2 Å². The van der Waals surface area contributed by atoms with E-state index >= 15 is 0 Å². The number of carbonyl (C=O) groups excluding carboxylic acids is 3. The molecule has 116 valence electrons. The van der Waals surface area contributed by atoms with E-state index in [-0.39, 0.29) is 24.3 Å². The summed E-state index contributed by atoms with van der Waals surface area (Å²) in [5.41, 5.74) is 1.71. The Morgan fingerprint density at radius 1 is 1.05 bits per heavy atom. The van der Waals surface area contributed by atoms with Crippen molar-refractivity contribution in [2.24, 2.45) is 0 Å². The fraction of sp³-hybridized carbons (Fsp3) is 0.438. The Labute approximate surface area is 129 Å². The number of imide groups is 1. The number of hydrogen-bond donors (Lipinski definition) is 0. The molecule has 1 aromatic carbocycles. The number of amides is 3. The Balaban J connectivity index is 1.73. The van der Waals surface area contributed by atoms with Crippen molar-refractivity contribution in [3.8, 4) is 0 Å². The fourth-order valence-electron chi connectivity index (χ4n) is 2.84. The molecule has 2 aliphatic heterocycles. The van der Waals surface area contributed by atoms with Crippen LogP contribution in [0.15, 0.2) is 18.2 Å². The molecular weight excluding hydrogens is 282 g/mol. The quantitative estimate of drug-likeness (QED) is 0.740. The number of nitrogens with zero attached hydrogens (tertiary/aromatic N) is 3. The Morgan fingerprint density at radius 3 is 2.36 bits per heavy atom. The average Bonchev–Trinajstić information content (AvgIpc) is 2.72. The Kier molecular flexibility index (Phi) is 3.70. The van der Waals surface area contributed by atoms with Crippen molar-refractivity contribution >= 4 is 17.7 Å². The van der Waals surface area contributed by atoms with E-state index in [1.54, 1.807) is 23.1 Å². The van der Waals surface area contributed by atoms with Gasteiger partial charge in [0.1, 0.15) is 6.54 Å². The van der Waals surface area contributed by atoms with Crippen LogP contribution in [0, 0.1) is 6.92 Å². The van der Waals surface area contributed by atoms with Crippen LogP contribution in [-0.2, 0) is 4.79 Å². The van der Waals surface area contributed by atoms with E-state index in [0.717, 1.165) is 23.6 Å². The molecule has 2 heterocycles. The van der Waals surface area contributed by atoms with E-state index in [1.807, 2.05) is 14.0 Å². The highest BCUT2D eigenvalue weighted by atomic mass is 16.2. The third-order valence-electron chi connectivity index (χ3n) is 4.28. The predicted octanol–water partition coefficient (Wildman–Crippen LogP) is 0.365. The Morgan fingerprint density at radius 2 is 1.68 bits per heavy atom. The summed E-state index contributed by atoms with van der Waals surface area (Å²) < 4.78 is 0. The van der Waals surface area contributed by atoms with Gasteiger partial charge in [0.2, 0.25) is 5.91 Å². The van der Waals surface area contributed by atoms with Gasteiger partial charge in [-0.25, -0.2) is 0 Å². The maximum Gasteiger partial charge on any atom is 0.262 e. The van der Waals surface area contributed by atoms with Gasteiger partial charge in [-0.1, -0.05) is 11.6 Å². The van der Waals surface area contributed by atoms with Gasteiger partial charge in [-0.3, -0.25) is 19.3 Å². The SMILES string of the molecule is Cc1ccc2c(c1)C(=O)N(CC(=O)N1CCN(C)CC1)C2=O. The standard InChI is InChI=1S/C16H19N3O3/c1-11-3-4-12-13(9-11)16(22)19(15(12)21)10-14(20)18-7-5-17(2)6-8-18/h3-4,9H,5-8,10H2,1-2H3. The lowest BCUT2D eigenvalue weighted by Crippen LogP contribution is -2.50. The zero-order valence-electron chi connectivity index (χ0n) is 12.8. The molecule has 0 spiro atoms. The third-order valence-corrected chi connectivity index (χ3v) is 4.28. The van der Waals surface area contributed by atoms with Crippen LogP contribution < -0.4 is 0 Å². The van der Waals surface area contributed by atoms with Crippen molar-refractivity contribution in [2.75, 3.05) is 39.8 Å². The van der Waals surface area contributed by atoms with E-state index < -0.39 is 0 Å². The third kappa shape index (κ3) is 2.50. The van der Waals surface area contributed by atoms with Crippen molar-refractivity contribution in [3.05, 3.63) is 34.9 Å². The molecule has 0 aromatic heterocycles. The van der Waals surface area contributed by atoms with Crippen molar-refractivity contribution < 1.29 is 14.4 Å². The highest BCUT2D eigenvalue weighted by Gasteiger charge is 2.37. The van der Waals surface area contributed by atoms with Gasteiger partial charge in [0.15, 0.2) is 0 Å². The van der Waals surface area contributed by atoms with Crippen LogP contribution in [0.25, 0.3) is 0 Å². The first-order chi connectivity index (χ1) is 10.5. The van der Waals surface area contributed by atoms with Crippen molar-refractivity contribution in [3.63, 3.8) is 0 Å². The molecule has 2 aliphatic rings. The number of carbonyl (C=O) groups is 3. The summed E-state index contributed by atoms with van der Waals surface area (Å²) in [5.74, 6) is -0.909. The van der Waals surface area contributed by atoms with E-state index in [4.69, 9.17) is 0 Å². The van der Waals surface area contributed by atoms with Crippen LogP contribution in [0.1, 0.15) is 26.3 Å². The molecule has 0 atom stereocenters. The molecule has 0 N–H and O–H groups in total. The van der Waals surface area contributed by atoms with Crippen LogP contribution in [0.5, 0.6) is 0 Å². The first-order valence-electron chi connectivity index (χ1n) is 7.40. The second-order valence-electron chi connectivity index (χ2n) is 5.93. The summed E-state index contributed by atoms with van der Waals surface area (Å²) in [6.45, 7) is 4.60. The summed E-state index contributed by atoms with van der Waals surface area (Å²) in [5, 5.41) is 0. The molecule has 22 heavy (non-hydrogen) atoms. The highest BCUT2D eigenvalue weighted by molar-refractivity contribution is 6.22. The number of rotatable bonds is 2. The summed E-state index contributed by atoms with van der Waals surface area (Å²) in [7, 11) is 2.01. The van der Waals surface area contributed by atoms with Gasteiger partial charge < -0.3 is 9.80 Å². The fourth-order valence-corrected chi connectivity index (χ4v) is 2.84. The molecule has 3 amide bonds. The summed E-state index contributed by atoms with van der Waals surface area (Å²) >= 11 is 0. The van der Waals surface area contributed by atoms with Crippen LogP contribution in [0.4, 0.5) is 0 Å². The lowest BCUT2D eigenvalue weighted by atomic mass is 10.1. The molecular formula is C16H19N3O3. The molecule has 1 fully saturated rings. The normalized spacial score (nSPS) is 18.8. The minimum atomic E-state index is -0.373. The van der Waals surface area contributed by atoms with E-state index in [2.05, 4.69) is 4.90 Å². The number of likely N-dealkylation sites (N-methyl/N-ethyl adjacent to an activating group) is 1. The predicted molar refractivity (Wildman–Crippen MR) is 80.6 cm³/mol. The topological polar surface area (TPSA) is 60.9 Å².